The highest BCUT2D eigenvalue weighted by atomic mass is 16.6. The molecule has 5 nitrogen and oxygen atoms in total. The Bertz CT molecular complexity index is 966. The molecule has 0 saturated carbocycles. The van der Waals surface area contributed by atoms with Crippen LogP contribution in [0.25, 0.3) is 0 Å². The van der Waals surface area contributed by atoms with Crippen LogP contribution >= 0.6 is 0 Å². The van der Waals surface area contributed by atoms with Gasteiger partial charge in [-0.25, -0.2) is 4.79 Å². The predicted octanol–water partition coefficient (Wildman–Crippen LogP) is 3.82. The van der Waals surface area contributed by atoms with Gasteiger partial charge in [0.25, 0.3) is 0 Å². The van der Waals surface area contributed by atoms with Gasteiger partial charge in [-0.05, 0) is 31.2 Å². The summed E-state index contributed by atoms with van der Waals surface area (Å²) in [5.74, 6) is 0.631. The zero-order valence-corrected chi connectivity index (χ0v) is 14.3. The Morgan fingerprint density at radius 1 is 1.04 bits per heavy atom. The summed E-state index contributed by atoms with van der Waals surface area (Å²) in [4.78, 5) is 12.6. The lowest BCUT2D eigenvalue weighted by Crippen LogP contribution is -2.34. The lowest BCUT2D eigenvalue weighted by atomic mass is 9.77. The second kappa shape index (κ2) is 5.52. The molecule has 2 aliphatic rings. The van der Waals surface area contributed by atoms with Gasteiger partial charge in [0.05, 0.1) is 5.57 Å². The molecule has 26 heavy (non-hydrogen) atoms. The maximum Gasteiger partial charge on any atom is 0.340 e. The fourth-order valence-corrected chi connectivity index (χ4v) is 3.61. The molecule has 0 amide bonds. The molecule has 4 rings (SSSR count). The number of nitrogens with two attached hydrogens (primary N) is 2. The molecule has 2 aliphatic heterocycles. The van der Waals surface area contributed by atoms with Gasteiger partial charge < -0.3 is 20.9 Å². The van der Waals surface area contributed by atoms with Crippen molar-refractivity contribution in [1.82, 2.24) is 0 Å². The average Bonchev–Trinajstić information content (AvgIpc) is 2.87. The van der Waals surface area contributed by atoms with Crippen LogP contribution in [0.1, 0.15) is 18.1 Å². The fraction of sp³-hybridized carbons (Fsp3) is 0.0952. The van der Waals surface area contributed by atoms with E-state index in [1.54, 1.807) is 24.3 Å². The van der Waals surface area contributed by atoms with Crippen molar-refractivity contribution in [3.63, 3.8) is 0 Å². The molecular weight excluding hydrogens is 328 g/mol. The third kappa shape index (κ3) is 2.00. The van der Waals surface area contributed by atoms with Crippen molar-refractivity contribution in [2.24, 2.45) is 0 Å². The standard InChI is InChI=1S/C21H18N2O3/c1-3-5-15-14(4-2)20(24)26-21(15)16-8-6-12(22)10-18(16)25-19-11-13(23)7-9-17(19)21/h3-11H,2,22-23H2,1H3/b5-3-. The first-order chi connectivity index (χ1) is 12.5. The van der Waals surface area contributed by atoms with Gasteiger partial charge in [0, 0.05) is 40.2 Å². The lowest BCUT2D eigenvalue weighted by molar-refractivity contribution is -0.144. The number of ether oxygens (including phenoxy) is 2. The number of allylic oxidation sites excluding steroid dienone is 1. The Kier molecular flexibility index (Phi) is 3.40. The maximum atomic E-state index is 12.6. The van der Waals surface area contributed by atoms with Crippen LogP contribution in [-0.2, 0) is 15.1 Å². The van der Waals surface area contributed by atoms with Gasteiger partial charge in [0.2, 0.25) is 0 Å². The number of anilines is 2. The number of hydrogen-bond acceptors (Lipinski definition) is 5. The van der Waals surface area contributed by atoms with Crippen molar-refractivity contribution >= 4 is 17.3 Å². The second-order valence-electron chi connectivity index (χ2n) is 6.22. The van der Waals surface area contributed by atoms with Gasteiger partial charge in [0.15, 0.2) is 5.60 Å². The molecule has 1 spiro atoms. The molecule has 0 unspecified atom stereocenters. The third-order valence-corrected chi connectivity index (χ3v) is 4.66. The normalized spacial score (nSPS) is 17.0. The molecule has 4 N–H and O–H groups in total. The molecule has 0 radical (unpaired) electrons. The predicted molar refractivity (Wildman–Crippen MR) is 101 cm³/mol. The largest absolute Gasteiger partial charge is 0.456 e. The summed E-state index contributed by atoms with van der Waals surface area (Å²) in [5, 5.41) is 0. The Labute approximate surface area is 151 Å². The average molecular weight is 346 g/mol. The minimum Gasteiger partial charge on any atom is -0.456 e. The van der Waals surface area contributed by atoms with E-state index in [1.165, 1.54) is 6.08 Å². The number of esters is 1. The summed E-state index contributed by atoms with van der Waals surface area (Å²) < 4.78 is 12.0. The Balaban J connectivity index is 2.13. The summed E-state index contributed by atoms with van der Waals surface area (Å²) in [6.45, 7) is 5.67. The van der Waals surface area contributed by atoms with Gasteiger partial charge in [-0.2, -0.15) is 0 Å². The minimum absolute atomic E-state index is 0.426. The SMILES string of the molecule is C=CC1=C(/C=C\C)C2(OC1=O)c1ccc(N)cc1Oc1cc(N)ccc12. The van der Waals surface area contributed by atoms with E-state index >= 15 is 0 Å². The number of carbonyl (C=O) groups excluding carboxylic acids is 1. The number of nitrogen functional groups attached to an aromatic ring is 2. The van der Waals surface area contributed by atoms with Crippen molar-refractivity contribution in [2.75, 3.05) is 11.5 Å². The Morgan fingerprint density at radius 2 is 1.62 bits per heavy atom. The van der Waals surface area contributed by atoms with E-state index in [2.05, 4.69) is 6.58 Å². The molecule has 2 heterocycles. The van der Waals surface area contributed by atoms with Gasteiger partial charge in [-0.15, -0.1) is 0 Å². The summed E-state index contributed by atoms with van der Waals surface area (Å²) in [5.41, 5.74) is 14.4. The molecule has 0 bridgehead atoms. The molecule has 2 aromatic rings. The van der Waals surface area contributed by atoms with E-state index in [0.717, 1.165) is 0 Å². The lowest BCUT2D eigenvalue weighted by Gasteiger charge is -2.37. The summed E-state index contributed by atoms with van der Waals surface area (Å²) in [6.07, 6.45) is 5.26. The van der Waals surface area contributed by atoms with Crippen LogP contribution in [0.3, 0.4) is 0 Å². The van der Waals surface area contributed by atoms with E-state index < -0.39 is 11.6 Å². The van der Waals surface area contributed by atoms with Crippen molar-refractivity contribution in [2.45, 2.75) is 12.5 Å². The molecule has 0 saturated heterocycles. The zero-order valence-electron chi connectivity index (χ0n) is 14.3. The molecule has 5 heteroatoms. The Morgan fingerprint density at radius 3 is 2.12 bits per heavy atom. The molecular formula is C21H18N2O3. The topological polar surface area (TPSA) is 87.6 Å². The first-order valence-electron chi connectivity index (χ1n) is 8.22. The van der Waals surface area contributed by atoms with Crippen LogP contribution in [0, 0.1) is 0 Å². The van der Waals surface area contributed by atoms with Crippen molar-refractivity contribution in [3.05, 3.63) is 83.5 Å². The third-order valence-electron chi connectivity index (χ3n) is 4.66. The quantitative estimate of drug-likeness (QED) is 0.638. The first-order valence-corrected chi connectivity index (χ1v) is 8.22. The second-order valence-corrected chi connectivity index (χ2v) is 6.22. The minimum atomic E-state index is -1.13. The summed E-state index contributed by atoms with van der Waals surface area (Å²) >= 11 is 0. The number of hydrogen-bond donors (Lipinski definition) is 2. The first kappa shape index (κ1) is 16.0. The highest BCUT2D eigenvalue weighted by molar-refractivity contribution is 5.98. The summed E-state index contributed by atoms with van der Waals surface area (Å²) in [7, 11) is 0. The smallest absolute Gasteiger partial charge is 0.340 e. The van der Waals surface area contributed by atoms with Crippen LogP contribution in [0.2, 0.25) is 0 Å². The van der Waals surface area contributed by atoms with E-state index in [0.29, 0.717) is 45.1 Å². The van der Waals surface area contributed by atoms with E-state index in [1.807, 2.05) is 31.2 Å². The monoisotopic (exact) mass is 346 g/mol. The summed E-state index contributed by atoms with van der Waals surface area (Å²) in [6, 6.07) is 10.6. The van der Waals surface area contributed by atoms with Crippen molar-refractivity contribution in [3.8, 4) is 11.5 Å². The number of rotatable bonds is 2. The molecule has 130 valence electrons. The molecule has 0 atom stereocenters. The van der Waals surface area contributed by atoms with E-state index in [9.17, 15) is 4.79 Å². The van der Waals surface area contributed by atoms with E-state index in [-0.39, 0.29) is 0 Å². The van der Waals surface area contributed by atoms with Crippen LogP contribution in [0.15, 0.2) is 72.4 Å². The van der Waals surface area contributed by atoms with Gasteiger partial charge in [0.1, 0.15) is 11.5 Å². The van der Waals surface area contributed by atoms with E-state index in [4.69, 9.17) is 20.9 Å². The van der Waals surface area contributed by atoms with Crippen LogP contribution in [0.5, 0.6) is 11.5 Å². The fourth-order valence-electron chi connectivity index (χ4n) is 3.61. The van der Waals surface area contributed by atoms with Crippen molar-refractivity contribution in [1.29, 1.82) is 0 Å². The van der Waals surface area contributed by atoms with Gasteiger partial charge in [-0.3, -0.25) is 0 Å². The highest BCUT2D eigenvalue weighted by Gasteiger charge is 2.53. The van der Waals surface area contributed by atoms with Crippen molar-refractivity contribution < 1.29 is 14.3 Å². The van der Waals surface area contributed by atoms with Gasteiger partial charge >= 0.3 is 5.97 Å². The maximum absolute atomic E-state index is 12.6. The molecule has 0 aromatic heterocycles. The van der Waals surface area contributed by atoms with Crippen LogP contribution in [-0.4, -0.2) is 5.97 Å². The molecule has 0 fully saturated rings. The number of benzene rings is 2. The Hall–Kier alpha value is -3.47. The van der Waals surface area contributed by atoms with Crippen LogP contribution < -0.4 is 16.2 Å². The van der Waals surface area contributed by atoms with Crippen LogP contribution in [0.4, 0.5) is 11.4 Å². The molecule has 0 aliphatic carbocycles. The highest BCUT2D eigenvalue weighted by Crippen LogP contribution is 2.56. The van der Waals surface area contributed by atoms with Gasteiger partial charge in [-0.1, -0.05) is 24.8 Å². The number of fused-ring (bicyclic) bond motifs is 4. The number of carbonyl (C=O) groups is 1. The molecule has 2 aromatic carbocycles. The zero-order chi connectivity index (χ0) is 18.5.